The molecule has 6 N–H and O–H groups in total. The van der Waals surface area contributed by atoms with Crippen molar-refractivity contribution in [1.29, 1.82) is 0 Å². The highest BCUT2D eigenvalue weighted by atomic mass is 16.7. The fourth-order valence-electron chi connectivity index (χ4n) is 8.64. The van der Waals surface area contributed by atoms with Gasteiger partial charge in [0.25, 0.3) is 0 Å². The van der Waals surface area contributed by atoms with Crippen molar-refractivity contribution in [1.82, 2.24) is 5.32 Å². The van der Waals surface area contributed by atoms with E-state index in [1.54, 1.807) is 12.2 Å². The summed E-state index contributed by atoms with van der Waals surface area (Å²) >= 11 is 0. The molecule has 0 aromatic heterocycles. The normalized spacial score (nSPS) is 19.9. The van der Waals surface area contributed by atoms with Gasteiger partial charge in [-0.2, -0.15) is 0 Å². The van der Waals surface area contributed by atoms with Crippen molar-refractivity contribution in [3.63, 3.8) is 0 Å². The number of carbonyl (C=O) groups excluding carboxylic acids is 2. The van der Waals surface area contributed by atoms with Crippen LogP contribution in [0.3, 0.4) is 0 Å². The van der Waals surface area contributed by atoms with Crippen LogP contribution in [0.25, 0.3) is 0 Å². The molecule has 0 spiro atoms. The number of nitrogens with one attached hydrogen (secondary N) is 1. The van der Waals surface area contributed by atoms with E-state index in [1.807, 2.05) is 12.2 Å². The molecule has 1 heterocycles. The summed E-state index contributed by atoms with van der Waals surface area (Å²) in [5.74, 6) is -1.30. The average molecular weight is 1060 g/mol. The molecule has 1 aliphatic heterocycles. The maximum atomic E-state index is 13.3. The second-order valence-electron chi connectivity index (χ2n) is 20.4. The van der Waals surface area contributed by atoms with E-state index in [0.29, 0.717) is 12.8 Å². The molecule has 76 heavy (non-hydrogen) atoms. The Morgan fingerprint density at radius 3 is 1.42 bits per heavy atom. The van der Waals surface area contributed by atoms with E-state index >= 15 is 0 Å². The van der Waals surface area contributed by atoms with E-state index in [9.17, 15) is 35.1 Å². The van der Waals surface area contributed by atoms with Crippen molar-refractivity contribution >= 4 is 11.9 Å². The summed E-state index contributed by atoms with van der Waals surface area (Å²) in [6.45, 7) is 5.59. The first kappa shape index (κ1) is 70.3. The predicted molar refractivity (Wildman–Crippen MR) is 315 cm³/mol. The van der Waals surface area contributed by atoms with E-state index in [-0.39, 0.29) is 19.4 Å². The Bertz CT molecular complexity index is 1650. The van der Waals surface area contributed by atoms with Crippen molar-refractivity contribution in [3.8, 4) is 0 Å². The summed E-state index contributed by atoms with van der Waals surface area (Å²) in [4.78, 5) is 26.4. The minimum absolute atomic E-state index is 0.0743. The molecule has 0 saturated carbocycles. The summed E-state index contributed by atoms with van der Waals surface area (Å²) in [6.07, 6.45) is 60.1. The molecule has 1 fully saturated rings. The van der Waals surface area contributed by atoms with Crippen LogP contribution in [0.4, 0.5) is 0 Å². The SMILES string of the molecule is CC/C=C\C/C=C\C/C=C\C/C=C\C/C=C\C/C=C\CCCCCCC(=O)OC1C(OCC(NC(=O)C(O)C/C=C/C/C=C\CCCCCCCC)C(O)/C=C/CCCCCCCCCCCC)OC(CO)C(O)C1O. The second kappa shape index (κ2) is 52.0. The maximum Gasteiger partial charge on any atom is 0.306 e. The van der Waals surface area contributed by atoms with Crippen LogP contribution in [0.15, 0.2) is 109 Å². The molecule has 434 valence electrons. The van der Waals surface area contributed by atoms with Crippen LogP contribution in [-0.4, -0.2) is 99.6 Å². The molecule has 0 radical (unpaired) electrons. The van der Waals surface area contributed by atoms with E-state index in [2.05, 4.69) is 111 Å². The van der Waals surface area contributed by atoms with E-state index < -0.39 is 67.4 Å². The first-order chi connectivity index (χ1) is 37.2. The van der Waals surface area contributed by atoms with Crippen LogP contribution in [0.1, 0.15) is 226 Å². The number of rotatable bonds is 49. The second-order valence-corrected chi connectivity index (χ2v) is 20.4. The Morgan fingerprint density at radius 1 is 0.526 bits per heavy atom. The summed E-state index contributed by atoms with van der Waals surface area (Å²) in [7, 11) is 0. The van der Waals surface area contributed by atoms with Gasteiger partial charge in [0.1, 0.15) is 24.4 Å². The predicted octanol–water partition coefficient (Wildman–Crippen LogP) is 14.1. The lowest BCUT2D eigenvalue weighted by Crippen LogP contribution is -2.61. The highest BCUT2D eigenvalue weighted by Crippen LogP contribution is 2.26. The van der Waals surface area contributed by atoms with E-state index in [0.717, 1.165) is 96.3 Å². The molecular weight excluding hydrogens is 955 g/mol. The standard InChI is InChI=1S/C65H109NO10/c1-4-7-10-13-16-19-22-25-26-27-28-29-30-31-32-33-34-35-38-41-44-47-50-53-60(70)76-63-62(72)61(71)59(54-67)75-65(63)74-55-56(57(68)51-48-45-42-39-36-23-20-17-14-11-8-5-2)66-64(73)58(69)52-49-46-43-40-37-24-21-18-15-12-9-6-3/h7,10,16,19,25-26,28-29,31-32,34-35,37,40,46,48-49,51,56-59,61-63,65,67-69,71-72H,4-6,8-9,11-15,17-18,20-24,27,30,33,36,38-39,41-45,47,50,52-55H2,1-3H3,(H,66,73)/b10-7-,19-16-,26-25-,29-28-,32-31-,35-34-,40-37-,49-46+,51-48+. The molecule has 0 aliphatic carbocycles. The number of unbranched alkanes of at least 4 members (excludes halogenated alkanes) is 20. The number of hydrogen-bond acceptors (Lipinski definition) is 10. The molecule has 0 aromatic carbocycles. The van der Waals surface area contributed by atoms with Gasteiger partial charge in [0.15, 0.2) is 12.4 Å². The van der Waals surface area contributed by atoms with Crippen LogP contribution in [0.2, 0.25) is 0 Å². The van der Waals surface area contributed by atoms with Gasteiger partial charge in [-0.3, -0.25) is 9.59 Å². The Labute approximate surface area is 462 Å². The fraction of sp³-hybridized carbons (Fsp3) is 0.692. The Morgan fingerprint density at radius 2 is 0.947 bits per heavy atom. The molecule has 0 bridgehead atoms. The summed E-state index contributed by atoms with van der Waals surface area (Å²) in [5, 5.41) is 56.7. The molecule has 8 atom stereocenters. The summed E-state index contributed by atoms with van der Waals surface area (Å²) in [6, 6.07) is -1.07. The largest absolute Gasteiger partial charge is 0.454 e. The lowest BCUT2D eigenvalue weighted by Gasteiger charge is -2.41. The number of amides is 1. The van der Waals surface area contributed by atoms with Gasteiger partial charge in [-0.05, 0) is 89.9 Å². The smallest absolute Gasteiger partial charge is 0.306 e. The van der Waals surface area contributed by atoms with Crippen LogP contribution < -0.4 is 5.32 Å². The molecule has 8 unspecified atom stereocenters. The average Bonchev–Trinajstić information content (AvgIpc) is 3.42. The van der Waals surface area contributed by atoms with Gasteiger partial charge in [0.05, 0.1) is 25.4 Å². The summed E-state index contributed by atoms with van der Waals surface area (Å²) < 4.78 is 17.5. The minimum Gasteiger partial charge on any atom is -0.454 e. The Kier molecular flexibility index (Phi) is 48.2. The Hall–Kier alpha value is -3.68. The van der Waals surface area contributed by atoms with Gasteiger partial charge in [-0.1, -0.05) is 233 Å². The number of esters is 1. The van der Waals surface area contributed by atoms with Crippen molar-refractivity contribution in [3.05, 3.63) is 109 Å². The quantitative estimate of drug-likeness (QED) is 0.0195. The van der Waals surface area contributed by atoms with E-state index in [4.69, 9.17) is 14.2 Å². The lowest BCUT2D eigenvalue weighted by atomic mass is 9.99. The lowest BCUT2D eigenvalue weighted by molar-refractivity contribution is -0.305. The maximum absolute atomic E-state index is 13.3. The molecular formula is C65H109NO10. The van der Waals surface area contributed by atoms with Crippen molar-refractivity contribution in [2.45, 2.75) is 275 Å². The van der Waals surface area contributed by atoms with Gasteiger partial charge in [-0.15, -0.1) is 0 Å². The van der Waals surface area contributed by atoms with E-state index in [1.165, 1.54) is 83.5 Å². The molecule has 11 nitrogen and oxygen atoms in total. The zero-order valence-electron chi connectivity index (χ0n) is 47.8. The topological polar surface area (TPSA) is 175 Å². The minimum atomic E-state index is -1.64. The van der Waals surface area contributed by atoms with Crippen molar-refractivity contribution in [2.75, 3.05) is 13.2 Å². The first-order valence-corrected chi connectivity index (χ1v) is 30.2. The highest BCUT2D eigenvalue weighted by molar-refractivity contribution is 5.81. The molecule has 1 aliphatic rings. The number of allylic oxidation sites excluding steroid dienone is 16. The number of aliphatic hydroxyl groups excluding tert-OH is 5. The number of hydrogen-bond donors (Lipinski definition) is 6. The van der Waals surface area contributed by atoms with Crippen molar-refractivity contribution < 1.29 is 49.3 Å². The van der Waals surface area contributed by atoms with Gasteiger partial charge in [0.2, 0.25) is 5.91 Å². The molecule has 1 rings (SSSR count). The first-order valence-electron chi connectivity index (χ1n) is 30.2. The molecule has 11 heteroatoms. The number of ether oxygens (including phenoxy) is 3. The Balaban J connectivity index is 2.71. The van der Waals surface area contributed by atoms with Crippen LogP contribution in [0, 0.1) is 0 Å². The highest BCUT2D eigenvalue weighted by Gasteiger charge is 2.47. The van der Waals surface area contributed by atoms with Gasteiger partial charge in [-0.25, -0.2) is 0 Å². The third kappa shape index (κ3) is 39.6. The van der Waals surface area contributed by atoms with Gasteiger partial charge in [0, 0.05) is 12.8 Å². The van der Waals surface area contributed by atoms with Gasteiger partial charge >= 0.3 is 5.97 Å². The zero-order chi connectivity index (χ0) is 55.4. The van der Waals surface area contributed by atoms with Crippen molar-refractivity contribution in [2.24, 2.45) is 0 Å². The fourth-order valence-corrected chi connectivity index (χ4v) is 8.64. The third-order valence-electron chi connectivity index (χ3n) is 13.4. The van der Waals surface area contributed by atoms with Gasteiger partial charge < -0.3 is 45.1 Å². The van der Waals surface area contributed by atoms with Crippen LogP contribution in [0.5, 0.6) is 0 Å². The third-order valence-corrected chi connectivity index (χ3v) is 13.4. The zero-order valence-corrected chi connectivity index (χ0v) is 47.8. The summed E-state index contributed by atoms with van der Waals surface area (Å²) in [5.41, 5.74) is 0. The van der Waals surface area contributed by atoms with Crippen LogP contribution in [-0.2, 0) is 23.8 Å². The molecule has 1 amide bonds. The number of carbonyl (C=O) groups is 2. The molecule has 0 aromatic rings. The molecule has 1 saturated heterocycles. The van der Waals surface area contributed by atoms with Crippen LogP contribution >= 0.6 is 0 Å². The number of aliphatic hydroxyl groups is 5. The monoisotopic (exact) mass is 1060 g/mol.